The minimum atomic E-state index is -0.0122. The molecule has 0 aromatic carbocycles. The van der Waals surface area contributed by atoms with Crippen LogP contribution in [0, 0.1) is 9.49 Å². The van der Waals surface area contributed by atoms with E-state index >= 15 is 0 Å². The highest BCUT2D eigenvalue weighted by molar-refractivity contribution is 14.1. The lowest BCUT2D eigenvalue weighted by molar-refractivity contribution is 0.534. The molecule has 0 unspecified atom stereocenters. The van der Waals surface area contributed by atoms with Crippen LogP contribution >= 0.6 is 22.6 Å². The Labute approximate surface area is 118 Å². The van der Waals surface area contributed by atoms with Gasteiger partial charge in [0.15, 0.2) is 0 Å². The molecule has 1 N–H and O–H groups in total. The first-order chi connectivity index (χ1) is 7.75. The first-order valence-corrected chi connectivity index (χ1v) is 7.08. The number of nitrogens with zero attached hydrogens (tertiary/aromatic N) is 2. The highest BCUT2D eigenvalue weighted by Gasteiger charge is 2.21. The Hall–Kier alpha value is -0.390. The topological polar surface area (TPSA) is 37.8 Å². The molecule has 0 atom stereocenters. The predicted octanol–water partition coefficient (Wildman–Crippen LogP) is 3.62. The summed E-state index contributed by atoms with van der Waals surface area (Å²) in [5.41, 5.74) is 1.15. The zero-order valence-electron chi connectivity index (χ0n) is 11.6. The molecule has 96 valence electrons. The van der Waals surface area contributed by atoms with Gasteiger partial charge in [0.05, 0.1) is 9.26 Å². The van der Waals surface area contributed by atoms with Crippen LogP contribution in [0.3, 0.4) is 0 Å². The van der Waals surface area contributed by atoms with E-state index in [1.54, 1.807) is 0 Å². The van der Waals surface area contributed by atoms with Gasteiger partial charge in [-0.15, -0.1) is 0 Å². The molecule has 1 rings (SSSR count). The molecule has 1 aromatic heterocycles. The second-order valence-electron chi connectivity index (χ2n) is 5.75. The molecule has 0 fully saturated rings. The third-order valence-electron chi connectivity index (χ3n) is 2.43. The van der Waals surface area contributed by atoms with Crippen molar-refractivity contribution in [2.75, 3.05) is 12.4 Å². The van der Waals surface area contributed by atoms with E-state index in [9.17, 15) is 0 Å². The summed E-state index contributed by atoms with van der Waals surface area (Å²) in [4.78, 5) is 9.33. The Morgan fingerprint density at radius 3 is 2.24 bits per heavy atom. The number of nitrogens with one attached hydrogen (secondary N) is 1. The van der Waals surface area contributed by atoms with Crippen molar-refractivity contribution in [1.82, 2.24) is 9.97 Å². The lowest BCUT2D eigenvalue weighted by Crippen LogP contribution is -2.19. The number of hydrogen-bond donors (Lipinski definition) is 1. The van der Waals surface area contributed by atoms with Gasteiger partial charge in [0.25, 0.3) is 0 Å². The Balaban J connectivity index is 3.28. The Morgan fingerprint density at radius 1 is 1.24 bits per heavy atom. The molecular weight excluding hydrogens is 325 g/mol. The molecule has 0 aliphatic heterocycles. The summed E-state index contributed by atoms with van der Waals surface area (Å²) in [6.07, 6.45) is 0.999. The van der Waals surface area contributed by atoms with E-state index in [2.05, 4.69) is 67.5 Å². The maximum Gasteiger partial charge on any atom is 0.143 e. The number of aromatic nitrogens is 2. The van der Waals surface area contributed by atoms with Crippen molar-refractivity contribution in [3.8, 4) is 0 Å². The van der Waals surface area contributed by atoms with E-state index in [0.29, 0.717) is 5.92 Å². The fourth-order valence-electron chi connectivity index (χ4n) is 1.52. The Kier molecular flexibility index (Phi) is 4.75. The van der Waals surface area contributed by atoms with Crippen LogP contribution in [0.1, 0.15) is 46.1 Å². The maximum atomic E-state index is 4.73. The molecule has 3 nitrogen and oxygen atoms in total. The van der Waals surface area contributed by atoms with Crippen molar-refractivity contribution in [3.63, 3.8) is 0 Å². The number of halogens is 1. The van der Waals surface area contributed by atoms with Crippen molar-refractivity contribution < 1.29 is 0 Å². The standard InChI is InChI=1S/C13H22IN3/c1-8(2)7-9-10(14)11(15-6)17-12(16-9)13(3,4)5/h8H,7H2,1-6H3,(H,15,16,17). The van der Waals surface area contributed by atoms with Gasteiger partial charge < -0.3 is 5.32 Å². The van der Waals surface area contributed by atoms with Gasteiger partial charge in [0.1, 0.15) is 11.6 Å². The van der Waals surface area contributed by atoms with Gasteiger partial charge in [-0.3, -0.25) is 0 Å². The highest BCUT2D eigenvalue weighted by atomic mass is 127. The summed E-state index contributed by atoms with van der Waals surface area (Å²) in [5.74, 6) is 2.47. The summed E-state index contributed by atoms with van der Waals surface area (Å²) in [6, 6.07) is 0. The van der Waals surface area contributed by atoms with E-state index in [-0.39, 0.29) is 5.41 Å². The zero-order chi connectivity index (χ0) is 13.2. The molecular formula is C13H22IN3. The van der Waals surface area contributed by atoms with Crippen molar-refractivity contribution in [1.29, 1.82) is 0 Å². The van der Waals surface area contributed by atoms with Crippen molar-refractivity contribution >= 4 is 28.4 Å². The highest BCUT2D eigenvalue weighted by Crippen LogP contribution is 2.26. The molecule has 0 aliphatic rings. The summed E-state index contributed by atoms with van der Waals surface area (Å²) in [7, 11) is 1.91. The van der Waals surface area contributed by atoms with Gasteiger partial charge in [-0.05, 0) is 34.9 Å². The lowest BCUT2D eigenvalue weighted by Gasteiger charge is -2.20. The lowest BCUT2D eigenvalue weighted by atomic mass is 9.95. The predicted molar refractivity (Wildman–Crippen MR) is 81.5 cm³/mol. The fraction of sp³-hybridized carbons (Fsp3) is 0.692. The molecule has 17 heavy (non-hydrogen) atoms. The van der Waals surface area contributed by atoms with Crippen LogP contribution in [0.5, 0.6) is 0 Å². The van der Waals surface area contributed by atoms with Crippen LogP contribution in [0.4, 0.5) is 5.82 Å². The summed E-state index contributed by atoms with van der Waals surface area (Å²) in [5, 5.41) is 3.16. The first-order valence-electron chi connectivity index (χ1n) is 6.00. The third-order valence-corrected chi connectivity index (χ3v) is 3.56. The van der Waals surface area contributed by atoms with Gasteiger partial charge in [0.2, 0.25) is 0 Å². The molecule has 0 saturated heterocycles. The molecule has 0 aliphatic carbocycles. The quantitative estimate of drug-likeness (QED) is 0.849. The molecule has 0 amide bonds. The normalized spacial score (nSPS) is 12.0. The van der Waals surface area contributed by atoms with E-state index in [4.69, 9.17) is 4.98 Å². The second kappa shape index (κ2) is 5.50. The summed E-state index contributed by atoms with van der Waals surface area (Å²) in [6.45, 7) is 10.9. The molecule has 0 saturated carbocycles. The molecule has 0 spiro atoms. The van der Waals surface area contributed by atoms with E-state index < -0.39 is 0 Å². The van der Waals surface area contributed by atoms with Crippen molar-refractivity contribution in [3.05, 3.63) is 15.1 Å². The van der Waals surface area contributed by atoms with Crippen LogP contribution in [0.25, 0.3) is 0 Å². The number of rotatable bonds is 3. The van der Waals surface area contributed by atoms with Crippen LogP contribution in [0.15, 0.2) is 0 Å². The van der Waals surface area contributed by atoms with E-state index in [1.807, 2.05) is 7.05 Å². The van der Waals surface area contributed by atoms with Crippen LogP contribution < -0.4 is 5.32 Å². The van der Waals surface area contributed by atoms with Crippen LogP contribution in [-0.2, 0) is 11.8 Å². The molecule has 0 radical (unpaired) electrons. The van der Waals surface area contributed by atoms with Crippen LogP contribution in [0.2, 0.25) is 0 Å². The van der Waals surface area contributed by atoms with Gasteiger partial charge in [0, 0.05) is 12.5 Å². The monoisotopic (exact) mass is 347 g/mol. The van der Waals surface area contributed by atoms with Gasteiger partial charge in [-0.1, -0.05) is 34.6 Å². The maximum absolute atomic E-state index is 4.73. The van der Waals surface area contributed by atoms with E-state index in [1.165, 1.54) is 0 Å². The third kappa shape index (κ3) is 3.79. The SMILES string of the molecule is CNc1nc(C(C)(C)C)nc(CC(C)C)c1I. The Morgan fingerprint density at radius 2 is 1.82 bits per heavy atom. The molecule has 1 aromatic rings. The minimum Gasteiger partial charge on any atom is -0.372 e. The fourth-order valence-corrected chi connectivity index (χ4v) is 2.25. The summed E-state index contributed by atoms with van der Waals surface area (Å²) >= 11 is 2.33. The number of hydrogen-bond acceptors (Lipinski definition) is 3. The van der Waals surface area contributed by atoms with Crippen molar-refractivity contribution in [2.45, 2.75) is 46.5 Å². The smallest absolute Gasteiger partial charge is 0.143 e. The minimum absolute atomic E-state index is 0.0122. The Bertz CT molecular complexity index is 394. The van der Waals surface area contributed by atoms with Gasteiger partial charge in [-0.25, -0.2) is 9.97 Å². The van der Waals surface area contributed by atoms with Crippen molar-refractivity contribution in [2.24, 2.45) is 5.92 Å². The van der Waals surface area contributed by atoms with Crippen LogP contribution in [-0.4, -0.2) is 17.0 Å². The van der Waals surface area contributed by atoms with Gasteiger partial charge in [-0.2, -0.15) is 0 Å². The molecule has 4 heteroatoms. The van der Waals surface area contributed by atoms with Gasteiger partial charge >= 0.3 is 0 Å². The zero-order valence-corrected chi connectivity index (χ0v) is 13.7. The second-order valence-corrected chi connectivity index (χ2v) is 6.83. The number of anilines is 1. The average Bonchev–Trinajstić information content (AvgIpc) is 2.18. The average molecular weight is 347 g/mol. The van der Waals surface area contributed by atoms with E-state index in [0.717, 1.165) is 27.3 Å². The molecule has 0 bridgehead atoms. The first kappa shape index (κ1) is 14.7. The summed E-state index contributed by atoms with van der Waals surface area (Å²) < 4.78 is 1.15. The largest absolute Gasteiger partial charge is 0.372 e. The molecule has 1 heterocycles.